The van der Waals surface area contributed by atoms with Crippen LogP contribution in [0.3, 0.4) is 0 Å². The molecule has 4 rings (SSSR count). The van der Waals surface area contributed by atoms with E-state index in [-0.39, 0.29) is 35.8 Å². The van der Waals surface area contributed by atoms with Crippen molar-refractivity contribution in [3.63, 3.8) is 0 Å². The predicted octanol–water partition coefficient (Wildman–Crippen LogP) is 3.68. The third-order valence-electron chi connectivity index (χ3n) is 5.90. The Labute approximate surface area is 194 Å². The van der Waals surface area contributed by atoms with Crippen molar-refractivity contribution in [1.82, 2.24) is 10.6 Å². The number of aromatic hydroxyl groups is 1. The summed E-state index contributed by atoms with van der Waals surface area (Å²) in [6, 6.07) is 11.8. The van der Waals surface area contributed by atoms with E-state index < -0.39 is 0 Å². The fourth-order valence-corrected chi connectivity index (χ4v) is 4.39. The number of hydrogen-bond donors (Lipinski definition) is 4. The number of guanidine groups is 1. The molecule has 6 nitrogen and oxygen atoms in total. The molecule has 1 atom stereocenters. The molecule has 160 valence electrons. The van der Waals surface area contributed by atoms with Gasteiger partial charge in [-0.3, -0.25) is 9.79 Å². The molecule has 1 aliphatic heterocycles. The van der Waals surface area contributed by atoms with Crippen LogP contribution in [-0.4, -0.2) is 30.6 Å². The zero-order valence-electron chi connectivity index (χ0n) is 17.2. The summed E-state index contributed by atoms with van der Waals surface area (Å²) in [4.78, 5) is 16.3. The average molecular weight is 520 g/mol. The predicted molar refractivity (Wildman–Crippen MR) is 131 cm³/mol. The number of amides is 1. The highest BCUT2D eigenvalue weighted by Crippen LogP contribution is 2.32. The van der Waals surface area contributed by atoms with E-state index in [1.165, 1.54) is 24.0 Å². The third-order valence-corrected chi connectivity index (χ3v) is 5.90. The lowest BCUT2D eigenvalue weighted by Crippen LogP contribution is -2.40. The van der Waals surface area contributed by atoms with Gasteiger partial charge in [0.15, 0.2) is 5.96 Å². The molecule has 7 heteroatoms. The van der Waals surface area contributed by atoms with Gasteiger partial charge in [0, 0.05) is 43.7 Å². The van der Waals surface area contributed by atoms with Crippen LogP contribution in [0.25, 0.3) is 0 Å². The summed E-state index contributed by atoms with van der Waals surface area (Å²) in [6.45, 7) is 1.14. The highest BCUT2D eigenvalue weighted by atomic mass is 127. The summed E-state index contributed by atoms with van der Waals surface area (Å²) >= 11 is 0. The lowest BCUT2D eigenvalue weighted by molar-refractivity contribution is -0.116. The van der Waals surface area contributed by atoms with Gasteiger partial charge in [-0.15, -0.1) is 24.0 Å². The molecular formula is C23H29IN4O2. The second-order valence-corrected chi connectivity index (χ2v) is 7.75. The van der Waals surface area contributed by atoms with E-state index in [1.54, 1.807) is 13.1 Å². The second kappa shape index (κ2) is 10.1. The number of halogens is 1. The number of fused-ring (bicyclic) bond motifs is 2. The van der Waals surface area contributed by atoms with Crippen LogP contribution >= 0.6 is 24.0 Å². The molecule has 0 spiro atoms. The minimum atomic E-state index is 0. The maximum atomic E-state index is 12.0. The number of carbonyl (C=O) groups is 1. The molecule has 1 heterocycles. The molecule has 2 aromatic rings. The van der Waals surface area contributed by atoms with Gasteiger partial charge in [0.1, 0.15) is 5.75 Å². The first kappa shape index (κ1) is 22.4. The van der Waals surface area contributed by atoms with Gasteiger partial charge in [-0.1, -0.05) is 24.3 Å². The normalized spacial score (nSPS) is 17.8. The topological polar surface area (TPSA) is 85.8 Å². The zero-order chi connectivity index (χ0) is 20.2. The number of hydrogen-bond acceptors (Lipinski definition) is 3. The van der Waals surface area contributed by atoms with E-state index in [2.05, 4.69) is 27.0 Å². The first-order chi connectivity index (χ1) is 14.2. The molecule has 1 amide bonds. The molecule has 0 aromatic heterocycles. The summed E-state index contributed by atoms with van der Waals surface area (Å²) < 4.78 is 0. The Balaban J connectivity index is 0.00000256. The van der Waals surface area contributed by atoms with Crippen LogP contribution in [-0.2, 0) is 24.2 Å². The number of benzene rings is 2. The van der Waals surface area contributed by atoms with E-state index in [4.69, 9.17) is 0 Å². The number of aryl methyl sites for hydroxylation is 1. The smallest absolute Gasteiger partial charge is 0.225 e. The maximum Gasteiger partial charge on any atom is 0.225 e. The SMILES string of the molecule is CN=C(NCc1c(O)ccc2c1CCCC2)NCC1CC(=O)Nc2ccccc21.I. The van der Waals surface area contributed by atoms with E-state index >= 15 is 0 Å². The number of para-hydroxylation sites is 1. The van der Waals surface area contributed by atoms with Crippen molar-refractivity contribution >= 4 is 41.5 Å². The Morgan fingerprint density at radius 2 is 1.97 bits per heavy atom. The highest BCUT2D eigenvalue weighted by Gasteiger charge is 2.25. The second-order valence-electron chi connectivity index (χ2n) is 7.75. The van der Waals surface area contributed by atoms with E-state index in [0.717, 1.165) is 29.7 Å². The molecule has 2 aliphatic rings. The van der Waals surface area contributed by atoms with Gasteiger partial charge in [-0.2, -0.15) is 0 Å². The van der Waals surface area contributed by atoms with Crippen molar-refractivity contribution in [2.45, 2.75) is 44.6 Å². The first-order valence-corrected chi connectivity index (χ1v) is 10.3. The van der Waals surface area contributed by atoms with E-state index in [9.17, 15) is 9.90 Å². The van der Waals surface area contributed by atoms with Crippen LogP contribution in [0, 0.1) is 0 Å². The Morgan fingerprint density at radius 3 is 2.80 bits per heavy atom. The summed E-state index contributed by atoms with van der Waals surface area (Å²) in [6.07, 6.45) is 4.93. The Bertz CT molecular complexity index is 945. The van der Waals surface area contributed by atoms with E-state index in [1.807, 2.05) is 24.3 Å². The van der Waals surface area contributed by atoms with Crippen molar-refractivity contribution in [3.8, 4) is 5.75 Å². The molecule has 1 unspecified atom stereocenters. The van der Waals surface area contributed by atoms with Gasteiger partial charge in [0.25, 0.3) is 0 Å². The Kier molecular flexibility index (Phi) is 7.58. The molecule has 30 heavy (non-hydrogen) atoms. The first-order valence-electron chi connectivity index (χ1n) is 10.3. The number of carbonyl (C=O) groups excluding carboxylic acids is 1. The molecule has 1 aliphatic carbocycles. The molecule has 0 radical (unpaired) electrons. The van der Waals surface area contributed by atoms with Gasteiger partial charge < -0.3 is 21.1 Å². The molecule has 2 aromatic carbocycles. The minimum Gasteiger partial charge on any atom is -0.508 e. The monoisotopic (exact) mass is 520 g/mol. The standard InChI is InChI=1S/C23H28N4O2.HI/c1-24-23(25-13-16-12-22(29)27-20-9-5-4-8-18(16)20)26-14-19-17-7-3-2-6-15(17)10-11-21(19)28;/h4-5,8-11,16,28H,2-3,6-7,12-14H2,1H3,(H,27,29)(H2,24,25,26);1H. The number of anilines is 1. The van der Waals surface area contributed by atoms with Gasteiger partial charge in [0.2, 0.25) is 5.91 Å². The lowest BCUT2D eigenvalue weighted by Gasteiger charge is -2.26. The van der Waals surface area contributed by atoms with Gasteiger partial charge in [-0.05, 0) is 54.5 Å². The highest BCUT2D eigenvalue weighted by molar-refractivity contribution is 14.0. The fraction of sp³-hybridized carbons (Fsp3) is 0.391. The number of phenolic OH excluding ortho intramolecular Hbond substituents is 1. The number of nitrogens with one attached hydrogen (secondary N) is 3. The van der Waals surface area contributed by atoms with Crippen molar-refractivity contribution in [2.24, 2.45) is 4.99 Å². The van der Waals surface area contributed by atoms with Crippen molar-refractivity contribution < 1.29 is 9.90 Å². The summed E-state index contributed by atoms with van der Waals surface area (Å²) in [7, 11) is 1.73. The Hall–Kier alpha value is -2.29. The third kappa shape index (κ3) is 4.88. The summed E-state index contributed by atoms with van der Waals surface area (Å²) in [5.41, 5.74) is 5.62. The lowest BCUT2D eigenvalue weighted by atomic mass is 9.88. The quantitative estimate of drug-likeness (QED) is 0.282. The van der Waals surface area contributed by atoms with Crippen LogP contribution in [0.5, 0.6) is 5.75 Å². The van der Waals surface area contributed by atoms with Gasteiger partial charge in [0.05, 0.1) is 0 Å². The summed E-state index contributed by atoms with van der Waals surface area (Å²) in [5.74, 6) is 1.14. The minimum absolute atomic E-state index is 0. The number of phenols is 1. The zero-order valence-corrected chi connectivity index (χ0v) is 19.5. The molecule has 0 fully saturated rings. The molecule has 0 saturated carbocycles. The maximum absolute atomic E-state index is 12.0. The van der Waals surface area contributed by atoms with Crippen molar-refractivity contribution in [2.75, 3.05) is 18.9 Å². The van der Waals surface area contributed by atoms with Crippen LogP contribution < -0.4 is 16.0 Å². The molecule has 0 bridgehead atoms. The van der Waals surface area contributed by atoms with Crippen LogP contribution in [0.4, 0.5) is 5.69 Å². The van der Waals surface area contributed by atoms with E-state index in [0.29, 0.717) is 31.2 Å². The number of nitrogens with zero attached hydrogens (tertiary/aromatic N) is 1. The van der Waals surface area contributed by atoms with Crippen molar-refractivity contribution in [1.29, 1.82) is 0 Å². The van der Waals surface area contributed by atoms with Crippen LogP contribution in [0.2, 0.25) is 0 Å². The largest absolute Gasteiger partial charge is 0.508 e. The average Bonchev–Trinajstić information content (AvgIpc) is 2.74. The van der Waals surface area contributed by atoms with Crippen LogP contribution in [0.1, 0.15) is 47.4 Å². The van der Waals surface area contributed by atoms with Gasteiger partial charge >= 0.3 is 0 Å². The van der Waals surface area contributed by atoms with Crippen molar-refractivity contribution in [3.05, 3.63) is 58.7 Å². The number of rotatable bonds is 4. The molecule has 0 saturated heterocycles. The van der Waals surface area contributed by atoms with Crippen LogP contribution in [0.15, 0.2) is 41.4 Å². The Morgan fingerprint density at radius 1 is 1.17 bits per heavy atom. The summed E-state index contributed by atoms with van der Waals surface area (Å²) in [5, 5.41) is 20.0. The fourth-order valence-electron chi connectivity index (χ4n) is 4.39. The molecule has 4 N–H and O–H groups in total. The number of aliphatic imine (C=N–C) groups is 1. The molecular weight excluding hydrogens is 491 g/mol. The van der Waals surface area contributed by atoms with Gasteiger partial charge in [-0.25, -0.2) is 0 Å².